The summed E-state index contributed by atoms with van der Waals surface area (Å²) in [6, 6.07) is 18.1. The molecule has 0 spiro atoms. The van der Waals surface area contributed by atoms with Gasteiger partial charge in [0.25, 0.3) is 0 Å². The van der Waals surface area contributed by atoms with E-state index in [0.29, 0.717) is 11.9 Å². The molecule has 0 atom stereocenters. The SMILES string of the molecule is Nc1ncnc2c1c(-c1ccc(Oc3ccccc3)cc1)nn2C1CCC(n2cc(CO)cn2)CC1. The number of nitrogens with zero attached hydrogens (tertiary/aromatic N) is 6. The van der Waals surface area contributed by atoms with Crippen LogP contribution in [0.2, 0.25) is 0 Å². The van der Waals surface area contributed by atoms with Crippen molar-refractivity contribution in [1.82, 2.24) is 29.5 Å². The van der Waals surface area contributed by atoms with Crippen molar-refractivity contribution in [2.75, 3.05) is 5.73 Å². The molecule has 0 amide bonds. The van der Waals surface area contributed by atoms with Crippen LogP contribution < -0.4 is 10.5 Å². The van der Waals surface area contributed by atoms with Gasteiger partial charge in [-0.15, -0.1) is 0 Å². The molecule has 0 saturated heterocycles. The maximum absolute atomic E-state index is 9.35. The van der Waals surface area contributed by atoms with Crippen molar-refractivity contribution in [3.63, 3.8) is 0 Å². The molecule has 36 heavy (non-hydrogen) atoms. The highest BCUT2D eigenvalue weighted by atomic mass is 16.5. The molecule has 2 aromatic carbocycles. The number of aromatic nitrogens is 6. The van der Waals surface area contributed by atoms with Crippen LogP contribution in [0, 0.1) is 0 Å². The lowest BCUT2D eigenvalue weighted by Gasteiger charge is -2.29. The number of hydrogen-bond acceptors (Lipinski definition) is 7. The Morgan fingerprint density at radius 2 is 1.64 bits per heavy atom. The number of fused-ring (bicyclic) bond motifs is 1. The molecule has 1 saturated carbocycles. The Kier molecular flexibility index (Phi) is 5.82. The Labute approximate surface area is 208 Å². The monoisotopic (exact) mass is 481 g/mol. The number of aliphatic hydroxyl groups is 1. The maximum atomic E-state index is 9.35. The molecule has 6 rings (SSSR count). The highest BCUT2D eigenvalue weighted by Crippen LogP contribution is 2.39. The summed E-state index contributed by atoms with van der Waals surface area (Å²) in [7, 11) is 0. The number of hydrogen-bond donors (Lipinski definition) is 2. The molecule has 3 heterocycles. The highest BCUT2D eigenvalue weighted by Gasteiger charge is 2.28. The van der Waals surface area contributed by atoms with Gasteiger partial charge < -0.3 is 15.6 Å². The average Bonchev–Trinajstić information content (AvgIpc) is 3.56. The molecule has 0 unspecified atom stereocenters. The second-order valence-electron chi connectivity index (χ2n) is 9.14. The molecule has 1 fully saturated rings. The van der Waals surface area contributed by atoms with Crippen LogP contribution in [0.15, 0.2) is 73.3 Å². The fourth-order valence-corrected chi connectivity index (χ4v) is 4.98. The van der Waals surface area contributed by atoms with Crippen LogP contribution in [0.5, 0.6) is 11.5 Å². The van der Waals surface area contributed by atoms with Gasteiger partial charge in [-0.25, -0.2) is 14.6 Å². The first-order valence-electron chi connectivity index (χ1n) is 12.2. The summed E-state index contributed by atoms with van der Waals surface area (Å²) < 4.78 is 9.94. The minimum atomic E-state index is 0.0118. The molecule has 0 bridgehead atoms. The number of benzene rings is 2. The van der Waals surface area contributed by atoms with Gasteiger partial charge in [-0.05, 0) is 62.1 Å². The smallest absolute Gasteiger partial charge is 0.164 e. The Morgan fingerprint density at radius 3 is 2.36 bits per heavy atom. The van der Waals surface area contributed by atoms with Gasteiger partial charge in [-0.2, -0.15) is 10.2 Å². The number of ether oxygens (including phenoxy) is 1. The number of nitrogens with two attached hydrogens (primary N) is 1. The highest BCUT2D eigenvalue weighted by molar-refractivity contribution is 5.98. The summed E-state index contributed by atoms with van der Waals surface area (Å²) in [5.41, 5.74) is 9.63. The largest absolute Gasteiger partial charge is 0.457 e. The quantitative estimate of drug-likeness (QED) is 0.354. The Morgan fingerprint density at radius 1 is 0.917 bits per heavy atom. The van der Waals surface area contributed by atoms with E-state index in [9.17, 15) is 5.11 Å². The molecule has 0 aliphatic heterocycles. The van der Waals surface area contributed by atoms with E-state index >= 15 is 0 Å². The lowest BCUT2D eigenvalue weighted by Crippen LogP contribution is -2.22. The van der Waals surface area contributed by atoms with E-state index in [2.05, 4.69) is 15.1 Å². The van der Waals surface area contributed by atoms with Gasteiger partial charge in [-0.1, -0.05) is 18.2 Å². The van der Waals surface area contributed by atoms with E-state index in [1.54, 1.807) is 6.20 Å². The van der Waals surface area contributed by atoms with Crippen LogP contribution in [0.4, 0.5) is 5.82 Å². The lowest BCUT2D eigenvalue weighted by atomic mass is 9.91. The minimum absolute atomic E-state index is 0.0118. The van der Waals surface area contributed by atoms with Crippen LogP contribution in [-0.2, 0) is 6.61 Å². The average molecular weight is 482 g/mol. The van der Waals surface area contributed by atoms with Gasteiger partial charge in [0.2, 0.25) is 0 Å². The Balaban J connectivity index is 1.27. The third-order valence-electron chi connectivity index (χ3n) is 6.85. The van der Waals surface area contributed by atoms with Crippen molar-refractivity contribution in [3.8, 4) is 22.8 Å². The van der Waals surface area contributed by atoms with Gasteiger partial charge in [0.15, 0.2) is 5.65 Å². The standard InChI is InChI=1S/C27H27N7O2/c28-26-24-25(19-6-12-23(13-7-19)36-22-4-2-1-3-5-22)32-34(27(24)30-17-29-26)21-10-8-20(9-11-21)33-15-18(16-35)14-31-33/h1-7,12-15,17,20-21,35H,8-11,16H2,(H2,28,29,30). The van der Waals surface area contributed by atoms with Crippen molar-refractivity contribution in [1.29, 1.82) is 0 Å². The van der Waals surface area contributed by atoms with Gasteiger partial charge in [0.1, 0.15) is 29.3 Å². The second-order valence-corrected chi connectivity index (χ2v) is 9.14. The van der Waals surface area contributed by atoms with E-state index in [1.807, 2.05) is 70.2 Å². The fourth-order valence-electron chi connectivity index (χ4n) is 4.98. The number of aliphatic hydroxyl groups excluding tert-OH is 1. The number of rotatable bonds is 6. The molecule has 5 aromatic rings. The van der Waals surface area contributed by atoms with Crippen molar-refractivity contribution >= 4 is 16.9 Å². The molecule has 1 aliphatic rings. The first kappa shape index (κ1) is 22.2. The van der Waals surface area contributed by atoms with E-state index < -0.39 is 0 Å². The Bertz CT molecular complexity index is 1470. The topological polar surface area (TPSA) is 117 Å². The summed E-state index contributed by atoms with van der Waals surface area (Å²) in [5.74, 6) is 1.96. The van der Waals surface area contributed by atoms with Crippen molar-refractivity contribution in [3.05, 3.63) is 78.9 Å². The molecule has 9 heteroatoms. The lowest BCUT2D eigenvalue weighted by molar-refractivity contribution is 0.252. The summed E-state index contributed by atoms with van der Waals surface area (Å²) in [6.07, 6.45) is 9.01. The Hall–Kier alpha value is -4.24. The van der Waals surface area contributed by atoms with Gasteiger partial charge in [-0.3, -0.25) is 4.68 Å². The van der Waals surface area contributed by atoms with E-state index in [-0.39, 0.29) is 12.6 Å². The molecule has 9 nitrogen and oxygen atoms in total. The van der Waals surface area contributed by atoms with Crippen molar-refractivity contribution in [2.24, 2.45) is 0 Å². The van der Waals surface area contributed by atoms with Crippen molar-refractivity contribution < 1.29 is 9.84 Å². The predicted octanol–water partition coefficient (Wildman–Crippen LogP) is 4.91. The number of nitrogen functional groups attached to an aromatic ring is 1. The van der Waals surface area contributed by atoms with Crippen LogP contribution in [0.1, 0.15) is 43.3 Å². The van der Waals surface area contributed by atoms with E-state index in [0.717, 1.165) is 65.0 Å². The molecular formula is C27H27N7O2. The predicted molar refractivity (Wildman–Crippen MR) is 136 cm³/mol. The third-order valence-corrected chi connectivity index (χ3v) is 6.85. The normalized spacial score (nSPS) is 17.9. The molecule has 1 aliphatic carbocycles. The number of anilines is 1. The molecule has 3 N–H and O–H groups in total. The van der Waals surface area contributed by atoms with Crippen LogP contribution in [0.3, 0.4) is 0 Å². The molecule has 182 valence electrons. The summed E-state index contributed by atoms with van der Waals surface area (Å²) in [6.45, 7) is 0.0118. The number of para-hydroxylation sites is 1. The van der Waals surface area contributed by atoms with Gasteiger partial charge in [0, 0.05) is 17.3 Å². The molecule has 0 radical (unpaired) electrons. The maximum Gasteiger partial charge on any atom is 0.164 e. The zero-order valence-corrected chi connectivity index (χ0v) is 19.7. The van der Waals surface area contributed by atoms with Crippen LogP contribution >= 0.6 is 0 Å². The van der Waals surface area contributed by atoms with Gasteiger partial charge in [0.05, 0.1) is 30.3 Å². The summed E-state index contributed by atoms with van der Waals surface area (Å²) >= 11 is 0. The zero-order valence-electron chi connectivity index (χ0n) is 19.7. The fraction of sp³-hybridized carbons (Fsp3) is 0.259. The third kappa shape index (κ3) is 4.18. The zero-order chi connectivity index (χ0) is 24.5. The van der Waals surface area contributed by atoms with Crippen LogP contribution in [-0.4, -0.2) is 34.6 Å². The van der Waals surface area contributed by atoms with E-state index in [4.69, 9.17) is 15.6 Å². The first-order chi connectivity index (χ1) is 17.7. The summed E-state index contributed by atoms with van der Waals surface area (Å²) in [5, 5.41) is 19.6. The van der Waals surface area contributed by atoms with E-state index in [1.165, 1.54) is 6.33 Å². The van der Waals surface area contributed by atoms with Gasteiger partial charge >= 0.3 is 0 Å². The summed E-state index contributed by atoms with van der Waals surface area (Å²) in [4.78, 5) is 8.81. The van der Waals surface area contributed by atoms with Crippen molar-refractivity contribution in [2.45, 2.75) is 44.4 Å². The first-order valence-corrected chi connectivity index (χ1v) is 12.2. The molecular weight excluding hydrogens is 454 g/mol. The molecule has 3 aromatic heterocycles. The second kappa shape index (κ2) is 9.43. The van der Waals surface area contributed by atoms with Crippen LogP contribution in [0.25, 0.3) is 22.3 Å². The minimum Gasteiger partial charge on any atom is -0.457 e.